The van der Waals surface area contributed by atoms with E-state index in [9.17, 15) is 0 Å². The monoisotopic (exact) mass is 145 g/mol. The molecule has 10 heavy (non-hydrogen) atoms. The predicted molar refractivity (Wildman–Crippen MR) is 39.1 cm³/mol. The van der Waals surface area contributed by atoms with Crippen LogP contribution in [0.2, 0.25) is 0 Å². The van der Waals surface area contributed by atoms with Crippen LogP contribution in [-0.2, 0) is 0 Å². The molecular formula is C6H15N3O. The van der Waals surface area contributed by atoms with Gasteiger partial charge < -0.3 is 5.11 Å². The van der Waals surface area contributed by atoms with Crippen LogP contribution < -0.4 is 0 Å². The van der Waals surface area contributed by atoms with Crippen molar-refractivity contribution in [3.63, 3.8) is 0 Å². The van der Waals surface area contributed by atoms with Crippen molar-refractivity contribution in [2.45, 2.75) is 0 Å². The number of hydrazine groups is 1. The maximum Gasteiger partial charge on any atom is 0.110 e. The molecule has 1 fully saturated rings. The molecule has 1 aliphatic rings. The van der Waals surface area contributed by atoms with E-state index in [0.29, 0.717) is 0 Å². The standard InChI is InChI=1S/C6H15N3O/c1-7-3-4-8(2)9(5-7)6-10/h10H,3-6H2,1-2H3. The normalized spacial score (nSPS) is 25.5. The molecule has 0 spiro atoms. The van der Waals surface area contributed by atoms with Crippen molar-refractivity contribution in [2.24, 2.45) is 0 Å². The molecule has 4 heteroatoms. The van der Waals surface area contributed by atoms with Crippen LogP contribution in [0.5, 0.6) is 0 Å². The van der Waals surface area contributed by atoms with E-state index in [1.807, 2.05) is 17.1 Å². The molecule has 0 aromatic carbocycles. The van der Waals surface area contributed by atoms with Gasteiger partial charge in [0.1, 0.15) is 6.73 Å². The van der Waals surface area contributed by atoms with Crippen LogP contribution in [0.25, 0.3) is 0 Å². The number of hydrogen-bond donors (Lipinski definition) is 1. The fourth-order valence-corrected chi connectivity index (χ4v) is 1.07. The molecule has 0 unspecified atom stereocenters. The van der Waals surface area contributed by atoms with E-state index in [4.69, 9.17) is 5.11 Å². The predicted octanol–water partition coefficient (Wildman–Crippen LogP) is -1.01. The van der Waals surface area contributed by atoms with Gasteiger partial charge in [-0.1, -0.05) is 0 Å². The summed E-state index contributed by atoms with van der Waals surface area (Å²) in [5.41, 5.74) is 0. The quantitative estimate of drug-likeness (QED) is 0.512. The Morgan fingerprint density at radius 2 is 2.00 bits per heavy atom. The third kappa shape index (κ3) is 1.67. The molecule has 1 N–H and O–H groups in total. The largest absolute Gasteiger partial charge is 0.380 e. The minimum absolute atomic E-state index is 0.112. The summed E-state index contributed by atoms with van der Waals surface area (Å²) in [5.74, 6) is 0. The zero-order valence-electron chi connectivity index (χ0n) is 6.62. The van der Waals surface area contributed by atoms with E-state index in [1.165, 1.54) is 0 Å². The maximum atomic E-state index is 8.84. The number of nitrogens with zero attached hydrogens (tertiary/aromatic N) is 3. The molecule has 1 aliphatic heterocycles. The summed E-state index contributed by atoms with van der Waals surface area (Å²) in [7, 11) is 4.04. The van der Waals surface area contributed by atoms with Crippen molar-refractivity contribution in [3.8, 4) is 0 Å². The lowest BCUT2D eigenvalue weighted by molar-refractivity contribution is -0.123. The fourth-order valence-electron chi connectivity index (χ4n) is 1.07. The molecule has 0 aromatic rings. The molecular weight excluding hydrogens is 130 g/mol. The highest BCUT2D eigenvalue weighted by atomic mass is 16.3. The van der Waals surface area contributed by atoms with E-state index in [2.05, 4.69) is 11.9 Å². The van der Waals surface area contributed by atoms with E-state index in [-0.39, 0.29) is 6.73 Å². The SMILES string of the molecule is CN1CCN(C)N(CO)C1. The van der Waals surface area contributed by atoms with Gasteiger partial charge in [-0.15, -0.1) is 0 Å². The fraction of sp³-hybridized carbons (Fsp3) is 1.00. The number of aliphatic hydroxyl groups excluding tert-OH is 1. The van der Waals surface area contributed by atoms with Crippen molar-refractivity contribution in [3.05, 3.63) is 0 Å². The molecule has 0 saturated carbocycles. The van der Waals surface area contributed by atoms with Crippen molar-refractivity contribution in [1.82, 2.24) is 14.9 Å². The highest BCUT2D eigenvalue weighted by molar-refractivity contribution is 4.60. The lowest BCUT2D eigenvalue weighted by atomic mass is 10.5. The highest BCUT2D eigenvalue weighted by Gasteiger charge is 2.17. The van der Waals surface area contributed by atoms with Crippen molar-refractivity contribution in [1.29, 1.82) is 0 Å². The molecule has 0 radical (unpaired) electrons. The zero-order chi connectivity index (χ0) is 7.56. The molecule has 1 heterocycles. The van der Waals surface area contributed by atoms with Gasteiger partial charge in [0.2, 0.25) is 0 Å². The van der Waals surface area contributed by atoms with Crippen LogP contribution in [-0.4, -0.2) is 60.6 Å². The molecule has 0 aromatic heterocycles. The van der Waals surface area contributed by atoms with Crippen LogP contribution in [0.3, 0.4) is 0 Å². The Kier molecular flexibility index (Phi) is 2.62. The molecule has 0 aliphatic carbocycles. The molecule has 0 atom stereocenters. The van der Waals surface area contributed by atoms with Crippen LogP contribution >= 0.6 is 0 Å². The molecule has 60 valence electrons. The smallest absolute Gasteiger partial charge is 0.110 e. The summed E-state index contributed by atoms with van der Waals surface area (Å²) >= 11 is 0. The highest BCUT2D eigenvalue weighted by Crippen LogP contribution is 2.01. The zero-order valence-corrected chi connectivity index (χ0v) is 6.62. The van der Waals surface area contributed by atoms with Crippen molar-refractivity contribution < 1.29 is 5.11 Å². The first-order valence-corrected chi connectivity index (χ1v) is 3.49. The minimum Gasteiger partial charge on any atom is -0.380 e. The van der Waals surface area contributed by atoms with Gasteiger partial charge in [-0.05, 0) is 7.05 Å². The maximum absolute atomic E-state index is 8.84. The first-order valence-electron chi connectivity index (χ1n) is 3.49. The van der Waals surface area contributed by atoms with Crippen molar-refractivity contribution >= 4 is 0 Å². The van der Waals surface area contributed by atoms with Gasteiger partial charge in [-0.2, -0.15) is 0 Å². The minimum atomic E-state index is 0.112. The van der Waals surface area contributed by atoms with E-state index < -0.39 is 0 Å². The van der Waals surface area contributed by atoms with E-state index in [1.54, 1.807) is 0 Å². The lowest BCUT2D eigenvalue weighted by Crippen LogP contribution is -2.53. The van der Waals surface area contributed by atoms with Gasteiger partial charge in [0.25, 0.3) is 0 Å². The molecule has 0 amide bonds. The summed E-state index contributed by atoms with van der Waals surface area (Å²) in [5, 5.41) is 12.8. The summed E-state index contributed by atoms with van der Waals surface area (Å²) < 4.78 is 0. The Hall–Kier alpha value is -0.160. The summed E-state index contributed by atoms with van der Waals surface area (Å²) in [4.78, 5) is 2.18. The van der Waals surface area contributed by atoms with Gasteiger partial charge in [0.05, 0.1) is 6.67 Å². The van der Waals surface area contributed by atoms with Crippen LogP contribution in [0.15, 0.2) is 0 Å². The van der Waals surface area contributed by atoms with E-state index >= 15 is 0 Å². The Labute approximate surface area is 61.6 Å². The Morgan fingerprint density at radius 3 is 2.50 bits per heavy atom. The Balaban J connectivity index is 2.38. The molecule has 0 bridgehead atoms. The second kappa shape index (κ2) is 3.30. The molecule has 1 saturated heterocycles. The van der Waals surface area contributed by atoms with Gasteiger partial charge in [-0.3, -0.25) is 4.90 Å². The topological polar surface area (TPSA) is 30.0 Å². The van der Waals surface area contributed by atoms with Gasteiger partial charge in [0, 0.05) is 20.1 Å². The number of rotatable bonds is 1. The van der Waals surface area contributed by atoms with Gasteiger partial charge in [0.15, 0.2) is 0 Å². The van der Waals surface area contributed by atoms with Gasteiger partial charge in [-0.25, -0.2) is 10.0 Å². The number of likely N-dealkylation sites (N-methyl/N-ethyl adjacent to an activating group) is 2. The Bertz CT molecular complexity index is 109. The van der Waals surface area contributed by atoms with Crippen molar-refractivity contribution in [2.75, 3.05) is 40.6 Å². The second-order valence-electron chi connectivity index (χ2n) is 2.75. The average Bonchev–Trinajstić information content (AvgIpc) is 1.94. The third-order valence-corrected chi connectivity index (χ3v) is 1.86. The number of hydrogen-bond acceptors (Lipinski definition) is 4. The number of aliphatic hydroxyl groups is 1. The molecule has 4 nitrogen and oxygen atoms in total. The van der Waals surface area contributed by atoms with E-state index in [0.717, 1.165) is 19.8 Å². The summed E-state index contributed by atoms with van der Waals surface area (Å²) in [6, 6.07) is 0. The second-order valence-corrected chi connectivity index (χ2v) is 2.75. The van der Waals surface area contributed by atoms with Gasteiger partial charge >= 0.3 is 0 Å². The third-order valence-electron chi connectivity index (χ3n) is 1.86. The first-order chi connectivity index (χ1) is 4.74. The van der Waals surface area contributed by atoms with Crippen LogP contribution in [0.4, 0.5) is 0 Å². The summed E-state index contributed by atoms with van der Waals surface area (Å²) in [6.07, 6.45) is 0. The van der Waals surface area contributed by atoms with Crippen LogP contribution in [0.1, 0.15) is 0 Å². The lowest BCUT2D eigenvalue weighted by Gasteiger charge is -2.38. The summed E-state index contributed by atoms with van der Waals surface area (Å²) in [6.45, 7) is 3.01. The molecule has 1 rings (SSSR count). The average molecular weight is 145 g/mol. The first kappa shape index (κ1) is 7.94. The Morgan fingerprint density at radius 1 is 1.30 bits per heavy atom. The van der Waals surface area contributed by atoms with Crippen LogP contribution in [0, 0.1) is 0 Å².